The number of amides is 1. The number of pyridine rings is 1. The highest BCUT2D eigenvalue weighted by Gasteiger charge is 2.31. The van der Waals surface area contributed by atoms with Crippen LogP contribution in [0.25, 0.3) is 0 Å². The first-order chi connectivity index (χ1) is 7.59. The Morgan fingerprint density at radius 3 is 3.06 bits per heavy atom. The first-order valence-electron chi connectivity index (χ1n) is 5.20. The van der Waals surface area contributed by atoms with Crippen LogP contribution in [0.1, 0.15) is 23.7 Å². The van der Waals surface area contributed by atoms with E-state index in [-0.39, 0.29) is 11.4 Å². The predicted molar refractivity (Wildman–Crippen MR) is 60.0 cm³/mol. The molecule has 1 aliphatic heterocycles. The average molecular weight is 221 g/mol. The average Bonchev–Trinajstić information content (AvgIpc) is 2.65. The molecule has 0 radical (unpaired) electrons. The normalized spacial score (nSPS) is 24.3. The Labute approximate surface area is 94.0 Å². The van der Waals surface area contributed by atoms with Crippen LogP contribution in [0.15, 0.2) is 18.5 Å². The topological polar surface area (TPSA) is 77.2 Å². The van der Waals surface area contributed by atoms with Crippen molar-refractivity contribution in [2.45, 2.75) is 18.9 Å². The molecule has 86 valence electrons. The standard InChI is InChI=1S/C11H15N3O2/c1-11(2-3-16-7-11)14-10(15)8-4-9(12)6-13-5-8/h4-6H,2-3,7,12H2,1H3,(H,14,15)/t11-/m0/s1. The lowest BCUT2D eigenvalue weighted by molar-refractivity contribution is 0.0889. The molecular formula is C11H15N3O2. The molecule has 1 saturated heterocycles. The zero-order valence-electron chi connectivity index (χ0n) is 9.19. The number of rotatable bonds is 2. The van der Waals surface area contributed by atoms with Gasteiger partial charge in [-0.05, 0) is 19.4 Å². The molecule has 5 nitrogen and oxygen atoms in total. The van der Waals surface area contributed by atoms with Crippen molar-refractivity contribution in [1.29, 1.82) is 0 Å². The van der Waals surface area contributed by atoms with Crippen LogP contribution in [0, 0.1) is 0 Å². The molecule has 3 N–H and O–H groups in total. The van der Waals surface area contributed by atoms with Gasteiger partial charge in [0.05, 0.1) is 23.4 Å². The molecule has 1 aromatic heterocycles. The molecule has 0 spiro atoms. The zero-order valence-corrected chi connectivity index (χ0v) is 9.19. The zero-order chi connectivity index (χ0) is 11.6. The minimum atomic E-state index is -0.276. The molecular weight excluding hydrogens is 206 g/mol. The van der Waals surface area contributed by atoms with Crippen LogP contribution in [0.2, 0.25) is 0 Å². The molecule has 0 aromatic carbocycles. The van der Waals surface area contributed by atoms with Crippen molar-refractivity contribution in [1.82, 2.24) is 10.3 Å². The molecule has 0 saturated carbocycles. The number of nitrogen functional groups attached to an aromatic ring is 1. The van der Waals surface area contributed by atoms with Crippen molar-refractivity contribution >= 4 is 11.6 Å². The Kier molecular flexibility index (Phi) is 2.78. The molecule has 0 bridgehead atoms. The summed E-state index contributed by atoms with van der Waals surface area (Å²) in [5.74, 6) is -0.159. The maximum Gasteiger partial charge on any atom is 0.253 e. The summed E-state index contributed by atoms with van der Waals surface area (Å²) in [5, 5.41) is 2.94. The quantitative estimate of drug-likeness (QED) is 0.765. The molecule has 1 atom stereocenters. The van der Waals surface area contributed by atoms with E-state index in [2.05, 4.69) is 10.3 Å². The number of anilines is 1. The number of hydrogen-bond donors (Lipinski definition) is 2. The van der Waals surface area contributed by atoms with Crippen LogP contribution in [-0.4, -0.2) is 29.6 Å². The maximum absolute atomic E-state index is 11.9. The molecule has 2 heterocycles. The van der Waals surface area contributed by atoms with Gasteiger partial charge in [-0.3, -0.25) is 9.78 Å². The van der Waals surface area contributed by atoms with E-state index in [0.29, 0.717) is 24.5 Å². The summed E-state index contributed by atoms with van der Waals surface area (Å²) in [7, 11) is 0. The molecule has 0 aliphatic carbocycles. The first kappa shape index (κ1) is 10.9. The molecule has 0 unspecified atom stereocenters. The van der Waals surface area contributed by atoms with Gasteiger partial charge in [-0.25, -0.2) is 0 Å². The van der Waals surface area contributed by atoms with Gasteiger partial charge in [-0.15, -0.1) is 0 Å². The van der Waals surface area contributed by atoms with Crippen molar-refractivity contribution in [3.8, 4) is 0 Å². The van der Waals surface area contributed by atoms with Gasteiger partial charge in [-0.1, -0.05) is 0 Å². The van der Waals surface area contributed by atoms with E-state index in [1.807, 2.05) is 6.92 Å². The molecule has 1 aliphatic rings. The fourth-order valence-electron chi connectivity index (χ4n) is 1.69. The van der Waals surface area contributed by atoms with Crippen molar-refractivity contribution in [2.24, 2.45) is 0 Å². The molecule has 1 fully saturated rings. The summed E-state index contributed by atoms with van der Waals surface area (Å²) in [4.78, 5) is 15.8. The van der Waals surface area contributed by atoms with Crippen LogP contribution in [0.3, 0.4) is 0 Å². The van der Waals surface area contributed by atoms with Crippen LogP contribution in [0.5, 0.6) is 0 Å². The number of aromatic nitrogens is 1. The molecule has 5 heteroatoms. The van der Waals surface area contributed by atoms with E-state index in [1.54, 1.807) is 6.07 Å². The lowest BCUT2D eigenvalue weighted by atomic mass is 10.0. The van der Waals surface area contributed by atoms with Crippen LogP contribution in [-0.2, 0) is 4.74 Å². The second-order valence-corrected chi connectivity index (χ2v) is 4.32. The van der Waals surface area contributed by atoms with E-state index in [9.17, 15) is 4.79 Å². The summed E-state index contributed by atoms with van der Waals surface area (Å²) in [6.45, 7) is 3.21. The van der Waals surface area contributed by atoms with Gasteiger partial charge in [0.25, 0.3) is 5.91 Å². The Hall–Kier alpha value is -1.62. The van der Waals surface area contributed by atoms with Gasteiger partial charge in [0.15, 0.2) is 0 Å². The monoisotopic (exact) mass is 221 g/mol. The number of nitrogens with zero attached hydrogens (tertiary/aromatic N) is 1. The Morgan fingerprint density at radius 1 is 1.62 bits per heavy atom. The summed E-state index contributed by atoms with van der Waals surface area (Å²) >= 11 is 0. The van der Waals surface area contributed by atoms with E-state index in [1.165, 1.54) is 12.4 Å². The second kappa shape index (κ2) is 4.09. The minimum absolute atomic E-state index is 0.159. The first-order valence-corrected chi connectivity index (χ1v) is 5.20. The molecule has 1 amide bonds. The smallest absolute Gasteiger partial charge is 0.253 e. The van der Waals surface area contributed by atoms with Crippen LogP contribution >= 0.6 is 0 Å². The summed E-state index contributed by atoms with van der Waals surface area (Å²) in [6, 6.07) is 1.61. The van der Waals surface area contributed by atoms with Gasteiger partial charge in [0.2, 0.25) is 0 Å². The van der Waals surface area contributed by atoms with Crippen molar-refractivity contribution in [2.75, 3.05) is 18.9 Å². The fraction of sp³-hybridized carbons (Fsp3) is 0.455. The number of nitrogens with one attached hydrogen (secondary N) is 1. The highest BCUT2D eigenvalue weighted by molar-refractivity contribution is 5.95. The predicted octanol–water partition coefficient (Wildman–Crippen LogP) is 0.573. The van der Waals surface area contributed by atoms with E-state index in [0.717, 1.165) is 6.42 Å². The van der Waals surface area contributed by atoms with Crippen molar-refractivity contribution < 1.29 is 9.53 Å². The minimum Gasteiger partial charge on any atom is -0.397 e. The number of carbonyl (C=O) groups excluding carboxylic acids is 1. The van der Waals surface area contributed by atoms with E-state index < -0.39 is 0 Å². The van der Waals surface area contributed by atoms with Crippen molar-refractivity contribution in [3.63, 3.8) is 0 Å². The molecule has 2 rings (SSSR count). The van der Waals surface area contributed by atoms with Gasteiger partial charge < -0.3 is 15.8 Å². The fourth-order valence-corrected chi connectivity index (χ4v) is 1.69. The molecule has 16 heavy (non-hydrogen) atoms. The molecule has 1 aromatic rings. The summed E-state index contributed by atoms with van der Waals surface area (Å²) in [5.41, 5.74) is 6.26. The lowest BCUT2D eigenvalue weighted by Gasteiger charge is -2.23. The highest BCUT2D eigenvalue weighted by Crippen LogP contribution is 2.18. The lowest BCUT2D eigenvalue weighted by Crippen LogP contribution is -2.46. The number of hydrogen-bond acceptors (Lipinski definition) is 4. The van der Waals surface area contributed by atoms with Gasteiger partial charge in [0.1, 0.15) is 0 Å². The van der Waals surface area contributed by atoms with Gasteiger partial charge in [0, 0.05) is 19.0 Å². The SMILES string of the molecule is C[C@]1(NC(=O)c2cncc(N)c2)CCOC1. The van der Waals surface area contributed by atoms with Gasteiger partial charge >= 0.3 is 0 Å². The number of nitrogens with two attached hydrogens (primary N) is 1. The van der Waals surface area contributed by atoms with Crippen molar-refractivity contribution in [3.05, 3.63) is 24.0 Å². The Bertz CT molecular complexity index is 400. The van der Waals surface area contributed by atoms with Gasteiger partial charge in [-0.2, -0.15) is 0 Å². The third-order valence-electron chi connectivity index (χ3n) is 2.66. The number of ether oxygens (including phenoxy) is 1. The highest BCUT2D eigenvalue weighted by atomic mass is 16.5. The Balaban J connectivity index is 2.08. The maximum atomic E-state index is 11.9. The largest absolute Gasteiger partial charge is 0.397 e. The number of carbonyl (C=O) groups is 1. The third-order valence-corrected chi connectivity index (χ3v) is 2.66. The van der Waals surface area contributed by atoms with Crippen LogP contribution in [0.4, 0.5) is 5.69 Å². The summed E-state index contributed by atoms with van der Waals surface area (Å²) in [6.07, 6.45) is 3.84. The second-order valence-electron chi connectivity index (χ2n) is 4.32. The van der Waals surface area contributed by atoms with E-state index >= 15 is 0 Å². The Morgan fingerprint density at radius 2 is 2.44 bits per heavy atom. The van der Waals surface area contributed by atoms with Crippen LogP contribution < -0.4 is 11.1 Å². The van der Waals surface area contributed by atoms with E-state index in [4.69, 9.17) is 10.5 Å². The summed E-state index contributed by atoms with van der Waals surface area (Å²) < 4.78 is 5.27. The third kappa shape index (κ3) is 2.30.